The van der Waals surface area contributed by atoms with Crippen LogP contribution in [0.1, 0.15) is 6.42 Å². The lowest BCUT2D eigenvalue weighted by Gasteiger charge is -2.25. The highest BCUT2D eigenvalue weighted by molar-refractivity contribution is 6.15. The normalized spacial score (nSPS) is 32.6. The van der Waals surface area contributed by atoms with Gasteiger partial charge in [-0.3, -0.25) is 9.59 Å². The molecule has 0 radical (unpaired) electrons. The van der Waals surface area contributed by atoms with Crippen molar-refractivity contribution in [1.29, 1.82) is 0 Å². The molecule has 0 heterocycles. The van der Waals surface area contributed by atoms with Crippen molar-refractivity contribution >= 4 is 11.6 Å². The molecule has 0 aromatic carbocycles. The van der Waals surface area contributed by atoms with Crippen molar-refractivity contribution in [2.45, 2.75) is 18.1 Å². The summed E-state index contributed by atoms with van der Waals surface area (Å²) in [5, 5.41) is 19.6. The quantitative estimate of drug-likeness (QED) is 0.528. The van der Waals surface area contributed by atoms with E-state index >= 15 is 0 Å². The van der Waals surface area contributed by atoms with Crippen molar-refractivity contribution < 1.29 is 19.8 Å². The molecule has 2 aliphatic carbocycles. The van der Waals surface area contributed by atoms with Crippen LogP contribution in [0.2, 0.25) is 0 Å². The predicted octanol–water partition coefficient (Wildman–Crippen LogP) is -0.877. The Morgan fingerprint density at radius 1 is 1.29 bits per heavy atom. The monoisotopic (exact) mass is 228 g/mol. The minimum Gasteiger partial charge on any atom is -0.376 e. The molecule has 2 atom stereocenters. The number of ketones is 2. The zero-order valence-electron chi connectivity index (χ0n) is 8.73. The summed E-state index contributed by atoms with van der Waals surface area (Å²) >= 11 is 0. The number of allylic oxidation sites excluding steroid dienone is 3. The van der Waals surface area contributed by atoms with Crippen LogP contribution in [0.15, 0.2) is 23.8 Å². The third-order valence-corrected chi connectivity index (χ3v) is 2.43. The average molecular weight is 228 g/mol. The molecule has 2 N–H and O–H groups in total. The van der Waals surface area contributed by atoms with Crippen LogP contribution in [0.3, 0.4) is 0 Å². The molecule has 0 saturated heterocycles. The van der Waals surface area contributed by atoms with Crippen molar-refractivity contribution in [3.63, 3.8) is 0 Å². The molecule has 0 aliphatic heterocycles. The van der Waals surface area contributed by atoms with Crippen molar-refractivity contribution in [3.05, 3.63) is 23.8 Å². The second-order valence-electron chi connectivity index (χ2n) is 3.73. The molecule has 4 heteroatoms. The molecule has 0 saturated carbocycles. The summed E-state index contributed by atoms with van der Waals surface area (Å²) in [5.41, 5.74) is -2.26. The number of rotatable bonds is 0. The second-order valence-corrected chi connectivity index (χ2v) is 3.73. The Morgan fingerprint density at radius 3 is 2.76 bits per heavy atom. The summed E-state index contributed by atoms with van der Waals surface area (Å²) in [6.45, 7) is 0. The molecule has 84 valence electrons. The van der Waals surface area contributed by atoms with Crippen LogP contribution in [-0.4, -0.2) is 33.5 Å². The van der Waals surface area contributed by atoms with Gasteiger partial charge in [0.05, 0.1) is 6.42 Å². The van der Waals surface area contributed by atoms with Gasteiger partial charge < -0.3 is 10.2 Å². The smallest absolute Gasteiger partial charge is 0.207 e. The molecule has 17 heavy (non-hydrogen) atoms. The fourth-order valence-corrected chi connectivity index (χ4v) is 1.61. The summed E-state index contributed by atoms with van der Waals surface area (Å²) in [4.78, 5) is 23.3. The molecular formula is C13H8O4. The molecule has 0 amide bonds. The molecule has 0 spiro atoms. The highest BCUT2D eigenvalue weighted by Crippen LogP contribution is 2.24. The summed E-state index contributed by atoms with van der Waals surface area (Å²) in [5.74, 6) is 8.42. The maximum atomic E-state index is 11.9. The minimum absolute atomic E-state index is 0.208. The van der Waals surface area contributed by atoms with Gasteiger partial charge >= 0.3 is 0 Å². The van der Waals surface area contributed by atoms with E-state index in [1.807, 2.05) is 0 Å². The van der Waals surface area contributed by atoms with E-state index in [-0.39, 0.29) is 5.57 Å². The van der Waals surface area contributed by atoms with Gasteiger partial charge in [-0.15, -0.1) is 0 Å². The van der Waals surface area contributed by atoms with Crippen LogP contribution < -0.4 is 0 Å². The van der Waals surface area contributed by atoms with Crippen LogP contribution in [-0.2, 0) is 9.59 Å². The maximum Gasteiger partial charge on any atom is 0.207 e. The fraction of sp³-hybridized carbons (Fsp3) is 0.231. The highest BCUT2D eigenvalue weighted by Gasteiger charge is 2.43. The molecule has 2 aliphatic rings. The molecule has 2 unspecified atom stereocenters. The van der Waals surface area contributed by atoms with Gasteiger partial charge in [0, 0.05) is 5.57 Å². The predicted molar refractivity (Wildman–Crippen MR) is 58.4 cm³/mol. The first-order valence-electron chi connectivity index (χ1n) is 4.91. The van der Waals surface area contributed by atoms with Gasteiger partial charge in [0.15, 0.2) is 11.4 Å². The second kappa shape index (κ2) is 4.03. The summed E-state index contributed by atoms with van der Waals surface area (Å²) in [6.07, 6.45) is 1.98. The van der Waals surface area contributed by atoms with E-state index in [9.17, 15) is 19.8 Å². The SMILES string of the molecule is O=C1C=C2C(=O)C(O)(C#C/C=C\C#CC2O)C1. The molecule has 0 aromatic heterocycles. The van der Waals surface area contributed by atoms with Crippen LogP contribution in [0.5, 0.6) is 0 Å². The molecule has 2 rings (SSSR count). The number of hydrogen-bond donors (Lipinski definition) is 2. The summed E-state index contributed by atoms with van der Waals surface area (Å²) < 4.78 is 0. The van der Waals surface area contributed by atoms with Crippen LogP contribution in [0.4, 0.5) is 0 Å². The first-order chi connectivity index (χ1) is 8.03. The summed E-state index contributed by atoms with van der Waals surface area (Å²) in [7, 11) is 0. The van der Waals surface area contributed by atoms with Gasteiger partial charge in [0.2, 0.25) is 5.78 Å². The number of aliphatic hydroxyl groups is 2. The van der Waals surface area contributed by atoms with Crippen molar-refractivity contribution in [1.82, 2.24) is 0 Å². The summed E-state index contributed by atoms with van der Waals surface area (Å²) in [6, 6.07) is 0. The number of carbonyl (C=O) groups excluding carboxylic acids is 2. The Labute approximate surface area is 97.6 Å². The van der Waals surface area contributed by atoms with Crippen molar-refractivity contribution in [2.24, 2.45) is 0 Å². The minimum atomic E-state index is -2.05. The van der Waals surface area contributed by atoms with E-state index in [0.29, 0.717) is 0 Å². The Morgan fingerprint density at radius 2 is 2.00 bits per heavy atom. The van der Waals surface area contributed by atoms with Gasteiger partial charge in [0.1, 0.15) is 6.10 Å². The number of aliphatic hydroxyl groups excluding tert-OH is 1. The lowest BCUT2D eigenvalue weighted by atomic mass is 9.81. The van der Waals surface area contributed by atoms with E-state index < -0.39 is 29.7 Å². The van der Waals surface area contributed by atoms with Crippen LogP contribution in [0, 0.1) is 23.7 Å². The van der Waals surface area contributed by atoms with Gasteiger partial charge in [-0.2, -0.15) is 0 Å². The van der Waals surface area contributed by atoms with Crippen LogP contribution >= 0.6 is 0 Å². The fourth-order valence-electron chi connectivity index (χ4n) is 1.61. The third kappa shape index (κ3) is 2.05. The molecule has 0 aromatic rings. The van der Waals surface area contributed by atoms with Gasteiger partial charge in [0.25, 0.3) is 0 Å². The Hall–Kier alpha value is -2.14. The third-order valence-electron chi connectivity index (χ3n) is 2.43. The highest BCUT2D eigenvalue weighted by atomic mass is 16.3. The topological polar surface area (TPSA) is 74.6 Å². The van der Waals surface area contributed by atoms with E-state index in [0.717, 1.165) is 6.08 Å². The lowest BCUT2D eigenvalue weighted by molar-refractivity contribution is -0.135. The Kier molecular flexibility index (Phi) is 2.69. The lowest BCUT2D eigenvalue weighted by Crippen LogP contribution is -2.45. The van der Waals surface area contributed by atoms with Crippen molar-refractivity contribution in [2.75, 3.05) is 0 Å². The molecule has 2 bridgehead atoms. The maximum absolute atomic E-state index is 11.9. The first kappa shape index (κ1) is 11.3. The first-order valence-corrected chi connectivity index (χ1v) is 4.91. The number of carbonyl (C=O) groups is 2. The van der Waals surface area contributed by atoms with Gasteiger partial charge in [-0.25, -0.2) is 0 Å². The van der Waals surface area contributed by atoms with Gasteiger partial charge in [-0.05, 0) is 18.2 Å². The largest absolute Gasteiger partial charge is 0.376 e. The average Bonchev–Trinajstić information content (AvgIpc) is 2.26. The zero-order valence-corrected chi connectivity index (χ0v) is 8.73. The van der Waals surface area contributed by atoms with Crippen molar-refractivity contribution in [3.8, 4) is 23.7 Å². The Bertz CT molecular complexity index is 574. The van der Waals surface area contributed by atoms with Crippen LogP contribution in [0.25, 0.3) is 0 Å². The molecule has 4 nitrogen and oxygen atoms in total. The number of fused-ring (bicyclic) bond motifs is 2. The van der Waals surface area contributed by atoms with E-state index in [2.05, 4.69) is 23.7 Å². The van der Waals surface area contributed by atoms with E-state index in [1.54, 1.807) is 0 Å². The molecule has 0 fully saturated rings. The van der Waals surface area contributed by atoms with E-state index in [4.69, 9.17) is 0 Å². The standard InChI is InChI=1S/C13H8O4/c14-9-7-10-11(15)5-3-1-2-4-6-13(17,8-9)12(10)16/h1-2,7,11,15,17H,8H2/b2-1-. The number of Topliss-reactive ketones (excluding diaryl/α,β-unsaturated/α-hetero) is 1. The Balaban J connectivity index is 2.61. The zero-order chi connectivity index (χ0) is 12.5. The number of hydrogen-bond acceptors (Lipinski definition) is 4. The van der Waals surface area contributed by atoms with E-state index in [1.165, 1.54) is 12.2 Å². The van der Waals surface area contributed by atoms with Gasteiger partial charge in [-0.1, -0.05) is 23.7 Å². The molecular weight excluding hydrogens is 220 g/mol.